The molecule has 1 aromatic carbocycles. The van der Waals surface area contributed by atoms with Crippen molar-refractivity contribution in [2.75, 3.05) is 0 Å². The summed E-state index contributed by atoms with van der Waals surface area (Å²) >= 11 is 0. The first kappa shape index (κ1) is 14.5. The number of hydrogen-bond donors (Lipinski definition) is 2. The molecule has 0 amide bonds. The summed E-state index contributed by atoms with van der Waals surface area (Å²) < 4.78 is 0. The topological polar surface area (TPSA) is 57.5 Å². The zero-order chi connectivity index (χ0) is 14.4. The van der Waals surface area contributed by atoms with Crippen LogP contribution in [0.2, 0.25) is 0 Å². The molecule has 0 radical (unpaired) electrons. The molecule has 0 saturated carbocycles. The average Bonchev–Trinajstić information content (AvgIpc) is 2.38. The number of phenols is 1. The van der Waals surface area contributed by atoms with Crippen LogP contribution in [0.3, 0.4) is 0 Å². The third-order valence-corrected chi connectivity index (χ3v) is 2.51. The van der Waals surface area contributed by atoms with Crippen molar-refractivity contribution < 1.29 is 15.0 Å². The maximum absolute atomic E-state index is 11.7. The Morgan fingerprint density at radius 2 is 2.00 bits per heavy atom. The number of ketones is 1. The fraction of sp³-hybridized carbons (Fsp3) is 0.0625. The first-order valence-electron chi connectivity index (χ1n) is 5.70. The molecular weight excluding hydrogens is 240 g/mol. The van der Waals surface area contributed by atoms with Crippen molar-refractivity contribution in [3.8, 4) is 5.75 Å². The highest BCUT2D eigenvalue weighted by molar-refractivity contribution is 6.10. The number of carbonyl (C=O) groups excluding carboxylic acids is 1. The Morgan fingerprint density at radius 3 is 2.53 bits per heavy atom. The molecule has 98 valence electrons. The maximum Gasteiger partial charge on any atom is 0.188 e. The van der Waals surface area contributed by atoms with Gasteiger partial charge in [0.1, 0.15) is 11.5 Å². The Bertz CT molecular complexity index is 578. The number of phenolic OH excluding ortho intramolecular Hbond substituents is 1. The molecule has 0 bridgehead atoms. The Labute approximate surface area is 112 Å². The van der Waals surface area contributed by atoms with Gasteiger partial charge >= 0.3 is 0 Å². The van der Waals surface area contributed by atoms with Gasteiger partial charge in [-0.2, -0.15) is 0 Å². The van der Waals surface area contributed by atoms with Gasteiger partial charge in [-0.15, -0.1) is 0 Å². The molecule has 1 aromatic rings. The highest BCUT2D eigenvalue weighted by Crippen LogP contribution is 2.27. The van der Waals surface area contributed by atoms with Crippen molar-refractivity contribution in [3.63, 3.8) is 0 Å². The normalized spacial score (nSPS) is 12.1. The summed E-state index contributed by atoms with van der Waals surface area (Å²) in [7, 11) is 0. The van der Waals surface area contributed by atoms with E-state index in [2.05, 4.69) is 13.2 Å². The van der Waals surface area contributed by atoms with Crippen molar-refractivity contribution >= 4 is 11.5 Å². The Kier molecular flexibility index (Phi) is 4.89. The van der Waals surface area contributed by atoms with Crippen LogP contribution in [0.4, 0.5) is 0 Å². The lowest BCUT2D eigenvalue weighted by atomic mass is 10.0. The number of aromatic hydroxyl groups is 1. The molecule has 0 saturated heterocycles. The second-order valence-corrected chi connectivity index (χ2v) is 3.95. The van der Waals surface area contributed by atoms with Crippen LogP contribution in [0.1, 0.15) is 11.1 Å². The molecule has 1 rings (SSSR count). The lowest BCUT2D eigenvalue weighted by molar-refractivity contribution is -0.111. The quantitative estimate of drug-likeness (QED) is 0.482. The summed E-state index contributed by atoms with van der Waals surface area (Å²) in [6.45, 7) is 8.70. The molecule has 2 N–H and O–H groups in total. The summed E-state index contributed by atoms with van der Waals surface area (Å²) in [5.74, 6) is -0.810. The predicted molar refractivity (Wildman–Crippen MR) is 76.9 cm³/mol. The molecule has 0 aliphatic rings. The van der Waals surface area contributed by atoms with Crippen molar-refractivity contribution in [3.05, 3.63) is 72.4 Å². The van der Waals surface area contributed by atoms with E-state index in [-0.39, 0.29) is 22.6 Å². The van der Waals surface area contributed by atoms with Gasteiger partial charge < -0.3 is 10.2 Å². The first-order valence-corrected chi connectivity index (χ1v) is 5.70. The highest BCUT2D eigenvalue weighted by atomic mass is 16.3. The van der Waals surface area contributed by atoms with E-state index in [4.69, 9.17) is 0 Å². The molecule has 0 aromatic heterocycles. The van der Waals surface area contributed by atoms with E-state index in [0.717, 1.165) is 11.6 Å². The second kappa shape index (κ2) is 6.40. The van der Waals surface area contributed by atoms with Crippen LogP contribution in [-0.2, 0) is 4.79 Å². The van der Waals surface area contributed by atoms with Crippen LogP contribution >= 0.6 is 0 Å². The lowest BCUT2D eigenvalue weighted by Gasteiger charge is -2.07. The van der Waals surface area contributed by atoms with E-state index < -0.39 is 5.78 Å². The molecule has 0 fully saturated rings. The smallest absolute Gasteiger partial charge is 0.188 e. The van der Waals surface area contributed by atoms with Gasteiger partial charge in [0.15, 0.2) is 5.78 Å². The number of carbonyl (C=O) groups is 1. The minimum Gasteiger partial charge on any atom is -0.507 e. The number of aliphatic hydroxyl groups excluding tert-OH is 1. The standard InChI is InChI=1S/C16H16O3/c1-4-6-7-12(14(17)5-2)16(19)13-9-8-11(3)10-15(13)18/h4-10,18-19H,1-2H2,3H3/b7-6-,16-12?. The third-order valence-electron chi connectivity index (χ3n) is 2.51. The number of benzene rings is 1. The molecule has 0 heterocycles. The maximum atomic E-state index is 11.7. The Hall–Kier alpha value is -2.55. The number of hydrogen-bond acceptors (Lipinski definition) is 3. The second-order valence-electron chi connectivity index (χ2n) is 3.95. The van der Waals surface area contributed by atoms with Gasteiger partial charge in [0.05, 0.1) is 11.1 Å². The minimum absolute atomic E-state index is 0.0500. The van der Waals surface area contributed by atoms with Gasteiger partial charge in [0, 0.05) is 0 Å². The van der Waals surface area contributed by atoms with Crippen LogP contribution in [0, 0.1) is 6.92 Å². The van der Waals surface area contributed by atoms with Crippen molar-refractivity contribution in [2.24, 2.45) is 0 Å². The molecule has 3 heteroatoms. The molecule has 0 spiro atoms. The summed E-state index contributed by atoms with van der Waals surface area (Å²) in [5, 5.41) is 20.0. The van der Waals surface area contributed by atoms with Crippen LogP contribution in [0.15, 0.2) is 61.2 Å². The summed E-state index contributed by atoms with van der Waals surface area (Å²) in [4.78, 5) is 11.7. The van der Waals surface area contributed by atoms with E-state index in [9.17, 15) is 15.0 Å². The van der Waals surface area contributed by atoms with E-state index >= 15 is 0 Å². The van der Waals surface area contributed by atoms with E-state index in [1.165, 1.54) is 24.3 Å². The minimum atomic E-state index is -0.435. The predicted octanol–water partition coefficient (Wildman–Crippen LogP) is 3.47. The fourth-order valence-electron chi connectivity index (χ4n) is 1.54. The van der Waals surface area contributed by atoms with E-state index in [1.54, 1.807) is 12.1 Å². The fourth-order valence-corrected chi connectivity index (χ4v) is 1.54. The monoisotopic (exact) mass is 256 g/mol. The van der Waals surface area contributed by atoms with Crippen LogP contribution in [0.5, 0.6) is 5.75 Å². The zero-order valence-electron chi connectivity index (χ0n) is 10.8. The van der Waals surface area contributed by atoms with Gasteiger partial charge in [0.2, 0.25) is 0 Å². The van der Waals surface area contributed by atoms with Crippen molar-refractivity contribution in [1.82, 2.24) is 0 Å². The Balaban J connectivity index is 3.43. The van der Waals surface area contributed by atoms with E-state index in [1.807, 2.05) is 6.92 Å². The molecule has 0 aliphatic heterocycles. The Morgan fingerprint density at radius 1 is 1.32 bits per heavy atom. The SMILES string of the molecule is C=C/C=C\C(C(=O)C=C)=C(O)c1ccc(C)cc1O. The van der Waals surface area contributed by atoms with E-state index in [0.29, 0.717) is 0 Å². The third kappa shape index (κ3) is 3.45. The zero-order valence-corrected chi connectivity index (χ0v) is 10.8. The van der Waals surface area contributed by atoms with Gasteiger partial charge in [-0.1, -0.05) is 31.4 Å². The molecule has 0 atom stereocenters. The van der Waals surface area contributed by atoms with Crippen molar-refractivity contribution in [2.45, 2.75) is 6.92 Å². The number of allylic oxidation sites excluding steroid dienone is 5. The van der Waals surface area contributed by atoms with Crippen LogP contribution in [0.25, 0.3) is 5.76 Å². The summed E-state index contributed by atoms with van der Waals surface area (Å²) in [5.41, 5.74) is 1.10. The lowest BCUT2D eigenvalue weighted by Crippen LogP contribution is -2.00. The largest absolute Gasteiger partial charge is 0.507 e. The molecular formula is C16H16O3. The summed E-state index contributed by atoms with van der Waals surface area (Å²) in [6, 6.07) is 4.80. The van der Waals surface area contributed by atoms with Crippen LogP contribution < -0.4 is 0 Å². The van der Waals surface area contributed by atoms with Crippen molar-refractivity contribution in [1.29, 1.82) is 0 Å². The van der Waals surface area contributed by atoms with Gasteiger partial charge in [-0.3, -0.25) is 4.79 Å². The molecule has 3 nitrogen and oxygen atoms in total. The molecule has 0 aliphatic carbocycles. The number of aliphatic hydroxyl groups is 1. The summed E-state index contributed by atoms with van der Waals surface area (Å²) in [6.07, 6.45) is 5.53. The van der Waals surface area contributed by atoms with Gasteiger partial charge in [-0.25, -0.2) is 0 Å². The highest BCUT2D eigenvalue weighted by Gasteiger charge is 2.14. The molecule has 19 heavy (non-hydrogen) atoms. The number of rotatable bonds is 5. The van der Waals surface area contributed by atoms with Gasteiger partial charge in [-0.05, 0) is 36.8 Å². The molecule has 0 unspecified atom stereocenters. The number of aryl methyl sites for hydroxylation is 1. The van der Waals surface area contributed by atoms with Gasteiger partial charge in [0.25, 0.3) is 0 Å². The average molecular weight is 256 g/mol. The van der Waals surface area contributed by atoms with Crippen LogP contribution in [-0.4, -0.2) is 16.0 Å². The first-order chi connectivity index (χ1) is 9.01.